The maximum absolute atomic E-state index is 14.5. The van der Waals surface area contributed by atoms with Gasteiger partial charge in [-0.3, -0.25) is 9.69 Å². The number of sulfonamides is 1. The SMILES string of the molecule is C=C1[C@H](CC(=O)OC)CCC23N(C(=O)OC(C)(C)C)c4ccc(OC)cc4[C@@]12CCN3S(=O)(=O)c1ccc(C)cc1. The summed E-state index contributed by atoms with van der Waals surface area (Å²) in [7, 11) is -1.18. The van der Waals surface area contributed by atoms with Crippen LogP contribution >= 0.6 is 0 Å². The van der Waals surface area contributed by atoms with E-state index in [0.29, 0.717) is 29.9 Å². The molecule has 5 rings (SSSR count). The van der Waals surface area contributed by atoms with E-state index in [4.69, 9.17) is 14.2 Å². The third kappa shape index (κ3) is 4.25. The zero-order valence-corrected chi connectivity index (χ0v) is 25.3. The third-order valence-corrected chi connectivity index (χ3v) is 10.7. The standard InChI is InChI=1S/C31H38N2O7S/c1-20-8-11-24(12-9-20)41(36,37)32-17-16-30-21(2)22(18-27(34)39-7)14-15-31(30,32)33(28(35)40-29(3,4)5)26-13-10-23(38-6)19-25(26)30/h8-13,19,22H,2,14-18H2,1,3-7H3/t22-,30+,31?/m0/s1. The number of carbonyl (C=O) groups excluding carboxylic acids is 2. The summed E-state index contributed by atoms with van der Waals surface area (Å²) < 4.78 is 47.0. The Bertz CT molecular complexity index is 1510. The number of ether oxygens (including phenoxy) is 3. The van der Waals surface area contributed by atoms with Crippen molar-refractivity contribution in [3.05, 3.63) is 65.7 Å². The lowest BCUT2D eigenvalue weighted by molar-refractivity contribution is -0.141. The minimum Gasteiger partial charge on any atom is -0.497 e. The van der Waals surface area contributed by atoms with E-state index in [-0.39, 0.29) is 36.2 Å². The summed E-state index contributed by atoms with van der Waals surface area (Å²) in [6, 6.07) is 12.1. The molecule has 3 aliphatic rings. The van der Waals surface area contributed by atoms with Crippen LogP contribution in [0.3, 0.4) is 0 Å². The second-order valence-corrected chi connectivity index (χ2v) is 14.0. The molecule has 2 aromatic rings. The summed E-state index contributed by atoms with van der Waals surface area (Å²) in [5.41, 5.74) is -0.293. The highest BCUT2D eigenvalue weighted by molar-refractivity contribution is 7.89. The molecule has 1 saturated carbocycles. The van der Waals surface area contributed by atoms with Crippen molar-refractivity contribution in [1.29, 1.82) is 0 Å². The molecule has 9 nitrogen and oxygen atoms in total. The lowest BCUT2D eigenvalue weighted by Crippen LogP contribution is -2.68. The first kappa shape index (κ1) is 29.1. The normalized spacial score (nSPS) is 25.8. The number of hydrogen-bond donors (Lipinski definition) is 0. The van der Waals surface area contributed by atoms with Gasteiger partial charge in [-0.1, -0.05) is 29.8 Å². The van der Waals surface area contributed by atoms with E-state index in [0.717, 1.165) is 11.1 Å². The number of hydrogen-bond acceptors (Lipinski definition) is 7. The number of benzene rings is 2. The van der Waals surface area contributed by atoms with Crippen molar-refractivity contribution in [2.45, 2.75) is 75.0 Å². The smallest absolute Gasteiger partial charge is 0.416 e. The molecule has 0 spiro atoms. The molecule has 2 fully saturated rings. The van der Waals surface area contributed by atoms with Gasteiger partial charge in [0, 0.05) is 6.54 Å². The molecule has 1 saturated heterocycles. The third-order valence-electron chi connectivity index (χ3n) is 8.77. The largest absolute Gasteiger partial charge is 0.497 e. The Labute approximate surface area is 242 Å². The molecule has 1 amide bonds. The fraction of sp³-hybridized carbons (Fsp3) is 0.484. The minimum absolute atomic E-state index is 0.115. The summed E-state index contributed by atoms with van der Waals surface area (Å²) >= 11 is 0. The van der Waals surface area contributed by atoms with Crippen LogP contribution in [0.2, 0.25) is 0 Å². The molecular formula is C31H38N2O7S. The quantitative estimate of drug-likeness (QED) is 0.347. The summed E-state index contributed by atoms with van der Waals surface area (Å²) in [5.74, 6) is -0.0638. The minimum atomic E-state index is -4.09. The van der Waals surface area contributed by atoms with Gasteiger partial charge in [0.15, 0.2) is 0 Å². The first-order chi connectivity index (χ1) is 19.2. The van der Waals surface area contributed by atoms with Crippen molar-refractivity contribution in [3.63, 3.8) is 0 Å². The van der Waals surface area contributed by atoms with Crippen LogP contribution in [-0.2, 0) is 29.7 Å². The van der Waals surface area contributed by atoms with Crippen LogP contribution in [0, 0.1) is 12.8 Å². The number of aryl methyl sites for hydroxylation is 1. The average Bonchev–Trinajstić information content (AvgIpc) is 3.39. The van der Waals surface area contributed by atoms with Gasteiger partial charge < -0.3 is 14.2 Å². The van der Waals surface area contributed by atoms with E-state index in [2.05, 4.69) is 6.58 Å². The molecule has 2 aromatic carbocycles. The van der Waals surface area contributed by atoms with Gasteiger partial charge in [0.1, 0.15) is 17.0 Å². The van der Waals surface area contributed by atoms with Gasteiger partial charge >= 0.3 is 12.1 Å². The van der Waals surface area contributed by atoms with Crippen molar-refractivity contribution in [2.75, 3.05) is 25.7 Å². The maximum Gasteiger partial charge on any atom is 0.416 e. The molecule has 2 heterocycles. The highest BCUT2D eigenvalue weighted by Gasteiger charge is 2.75. The van der Waals surface area contributed by atoms with E-state index >= 15 is 0 Å². The first-order valence-electron chi connectivity index (χ1n) is 13.8. The summed E-state index contributed by atoms with van der Waals surface area (Å²) in [4.78, 5) is 28.3. The number of methoxy groups -OCH3 is 2. The van der Waals surface area contributed by atoms with E-state index in [9.17, 15) is 18.0 Å². The van der Waals surface area contributed by atoms with Crippen LogP contribution in [0.25, 0.3) is 0 Å². The Morgan fingerprint density at radius 3 is 2.37 bits per heavy atom. The Balaban J connectivity index is 1.79. The van der Waals surface area contributed by atoms with Gasteiger partial charge in [0.05, 0.1) is 36.6 Å². The zero-order valence-electron chi connectivity index (χ0n) is 24.5. The Kier molecular flexibility index (Phi) is 7.02. The van der Waals surface area contributed by atoms with Crippen molar-refractivity contribution in [3.8, 4) is 5.75 Å². The van der Waals surface area contributed by atoms with Crippen LogP contribution in [0.5, 0.6) is 5.75 Å². The van der Waals surface area contributed by atoms with Gasteiger partial charge in [-0.05, 0) is 88.8 Å². The van der Waals surface area contributed by atoms with Crippen molar-refractivity contribution < 1.29 is 32.2 Å². The van der Waals surface area contributed by atoms with Gasteiger partial charge in [0.25, 0.3) is 0 Å². The lowest BCUT2D eigenvalue weighted by Gasteiger charge is -2.54. The number of esters is 1. The summed E-state index contributed by atoms with van der Waals surface area (Å²) in [5, 5.41) is 0. The van der Waals surface area contributed by atoms with Crippen molar-refractivity contribution in [2.24, 2.45) is 5.92 Å². The zero-order chi connectivity index (χ0) is 30.0. The number of amides is 1. The van der Waals surface area contributed by atoms with E-state index in [1.165, 1.54) is 16.3 Å². The highest BCUT2D eigenvalue weighted by Crippen LogP contribution is 2.68. The van der Waals surface area contributed by atoms with Crippen LogP contribution in [0.1, 0.15) is 57.6 Å². The molecular weight excluding hydrogens is 544 g/mol. The average molecular weight is 583 g/mol. The number of rotatable bonds is 5. The van der Waals surface area contributed by atoms with E-state index < -0.39 is 32.8 Å². The molecule has 10 heteroatoms. The fourth-order valence-electron chi connectivity index (χ4n) is 7.06. The van der Waals surface area contributed by atoms with Crippen LogP contribution in [-0.4, -0.2) is 56.8 Å². The van der Waals surface area contributed by atoms with E-state index in [1.807, 2.05) is 13.0 Å². The molecule has 1 aliphatic carbocycles. The van der Waals surface area contributed by atoms with Crippen molar-refractivity contribution >= 4 is 27.8 Å². The van der Waals surface area contributed by atoms with Gasteiger partial charge in [0.2, 0.25) is 10.0 Å². The summed E-state index contributed by atoms with van der Waals surface area (Å²) in [6.07, 6.45) is 0.545. The first-order valence-corrected chi connectivity index (χ1v) is 15.2. The molecule has 2 aliphatic heterocycles. The Morgan fingerprint density at radius 1 is 1.07 bits per heavy atom. The lowest BCUT2D eigenvalue weighted by atomic mass is 9.58. The Morgan fingerprint density at radius 2 is 1.76 bits per heavy atom. The molecule has 3 atom stereocenters. The van der Waals surface area contributed by atoms with Gasteiger partial charge in [-0.2, -0.15) is 4.31 Å². The summed E-state index contributed by atoms with van der Waals surface area (Å²) in [6.45, 7) is 11.9. The topological polar surface area (TPSA) is 102 Å². The predicted octanol–water partition coefficient (Wildman–Crippen LogP) is 5.32. The molecule has 0 aromatic heterocycles. The van der Waals surface area contributed by atoms with Gasteiger partial charge in [-0.25, -0.2) is 13.2 Å². The van der Waals surface area contributed by atoms with Crippen LogP contribution in [0.15, 0.2) is 59.5 Å². The predicted molar refractivity (Wildman–Crippen MR) is 154 cm³/mol. The second-order valence-electron chi connectivity index (χ2n) is 12.1. The van der Waals surface area contributed by atoms with Crippen LogP contribution < -0.4 is 9.64 Å². The monoisotopic (exact) mass is 582 g/mol. The second kappa shape index (κ2) is 9.87. The van der Waals surface area contributed by atoms with E-state index in [1.54, 1.807) is 64.3 Å². The number of carbonyl (C=O) groups is 2. The Hall–Kier alpha value is -3.37. The molecule has 220 valence electrons. The number of nitrogens with zero attached hydrogens (tertiary/aromatic N) is 2. The fourth-order valence-corrected chi connectivity index (χ4v) is 8.85. The molecule has 0 N–H and O–H groups in total. The highest BCUT2D eigenvalue weighted by atomic mass is 32.2. The molecule has 1 unspecified atom stereocenters. The maximum atomic E-state index is 14.5. The van der Waals surface area contributed by atoms with Crippen molar-refractivity contribution in [1.82, 2.24) is 4.31 Å². The molecule has 0 bridgehead atoms. The van der Waals surface area contributed by atoms with Gasteiger partial charge in [-0.15, -0.1) is 0 Å². The molecule has 41 heavy (non-hydrogen) atoms. The number of fused-ring (bicyclic) bond motifs is 1. The number of anilines is 1. The molecule has 0 radical (unpaired) electrons. The van der Waals surface area contributed by atoms with Crippen LogP contribution in [0.4, 0.5) is 10.5 Å².